The zero-order valence-corrected chi connectivity index (χ0v) is 8.90. The van der Waals surface area contributed by atoms with Gasteiger partial charge >= 0.3 is 0 Å². The van der Waals surface area contributed by atoms with Gasteiger partial charge in [-0.1, -0.05) is 13.8 Å². The fraction of sp³-hybridized carbons (Fsp3) is 0.500. The van der Waals surface area contributed by atoms with Crippen molar-refractivity contribution in [2.75, 3.05) is 24.4 Å². The minimum Gasteiger partial charge on any atom is -0.396 e. The van der Waals surface area contributed by atoms with Crippen molar-refractivity contribution in [3.05, 3.63) is 12.4 Å². The fourth-order valence-corrected chi connectivity index (χ4v) is 1.19. The van der Waals surface area contributed by atoms with E-state index in [0.717, 1.165) is 11.4 Å². The molecule has 0 saturated carbocycles. The van der Waals surface area contributed by atoms with E-state index in [9.17, 15) is 0 Å². The first kappa shape index (κ1) is 11.2. The highest BCUT2D eigenvalue weighted by molar-refractivity contribution is 7.97. The Morgan fingerprint density at radius 2 is 2.00 bits per heavy atom. The van der Waals surface area contributed by atoms with Gasteiger partial charge in [-0.15, -0.1) is 0 Å². The van der Waals surface area contributed by atoms with Crippen LogP contribution >= 0.6 is 11.9 Å². The van der Waals surface area contributed by atoms with Crippen molar-refractivity contribution < 1.29 is 0 Å². The van der Waals surface area contributed by atoms with E-state index in [2.05, 4.69) is 5.32 Å². The van der Waals surface area contributed by atoms with Gasteiger partial charge in [0.25, 0.3) is 0 Å². The third-order valence-electron chi connectivity index (χ3n) is 1.31. The highest BCUT2D eigenvalue weighted by atomic mass is 32.2. The highest BCUT2D eigenvalue weighted by Gasteiger charge is 1.98. The number of nitrogens with zero attached hydrogens (tertiary/aromatic N) is 1. The van der Waals surface area contributed by atoms with E-state index in [4.69, 9.17) is 5.73 Å². The summed E-state index contributed by atoms with van der Waals surface area (Å²) in [5.74, 6) is 0. The summed E-state index contributed by atoms with van der Waals surface area (Å²) in [7, 11) is 1.86. The number of nitrogen functional groups attached to an aromatic ring is 1. The average Bonchev–Trinajstić information content (AvgIpc) is 2.49. The summed E-state index contributed by atoms with van der Waals surface area (Å²) < 4.78 is 1.96. The summed E-state index contributed by atoms with van der Waals surface area (Å²) in [5.41, 5.74) is 7.40. The Hall–Kier alpha value is -0.770. The predicted molar refractivity (Wildman–Crippen MR) is 58.7 cm³/mol. The van der Waals surface area contributed by atoms with Crippen molar-refractivity contribution in [2.24, 2.45) is 0 Å². The van der Waals surface area contributed by atoms with E-state index in [-0.39, 0.29) is 0 Å². The molecule has 0 radical (unpaired) electrons. The molecule has 0 unspecified atom stereocenters. The molecule has 0 amide bonds. The fourth-order valence-electron chi connectivity index (χ4n) is 0.760. The van der Waals surface area contributed by atoms with Crippen molar-refractivity contribution in [3.63, 3.8) is 0 Å². The first-order valence-corrected chi connectivity index (χ1v) is 5.15. The predicted octanol–water partition coefficient (Wildman–Crippen LogP) is 2.26. The van der Waals surface area contributed by atoms with E-state index in [1.807, 2.05) is 43.5 Å². The molecule has 0 saturated heterocycles. The highest BCUT2D eigenvalue weighted by Crippen LogP contribution is 2.20. The molecule has 4 heteroatoms. The van der Waals surface area contributed by atoms with Crippen LogP contribution in [0.3, 0.4) is 0 Å². The Morgan fingerprint density at radius 3 is 2.25 bits per heavy atom. The molecule has 12 heavy (non-hydrogen) atoms. The lowest BCUT2D eigenvalue weighted by atomic mass is 10.5. The third kappa shape index (κ3) is 2.70. The lowest BCUT2D eigenvalue weighted by molar-refractivity contribution is 1.29. The van der Waals surface area contributed by atoms with Crippen LogP contribution in [0.5, 0.6) is 0 Å². The molecular formula is C8H17N3S. The third-order valence-corrected chi connectivity index (χ3v) is 1.95. The van der Waals surface area contributed by atoms with Gasteiger partial charge in [0.1, 0.15) is 0 Å². The number of hydrogen-bond acceptors (Lipinski definition) is 3. The molecular weight excluding hydrogens is 170 g/mol. The van der Waals surface area contributed by atoms with Crippen LogP contribution in [0, 0.1) is 0 Å². The minimum absolute atomic E-state index is 0.789. The quantitative estimate of drug-likeness (QED) is 0.746. The smallest absolute Gasteiger partial charge is 0.0762 e. The van der Waals surface area contributed by atoms with E-state index >= 15 is 0 Å². The van der Waals surface area contributed by atoms with Crippen molar-refractivity contribution >= 4 is 23.3 Å². The van der Waals surface area contributed by atoms with Gasteiger partial charge in [0.05, 0.1) is 11.4 Å². The van der Waals surface area contributed by atoms with E-state index in [1.165, 1.54) is 0 Å². The molecule has 0 atom stereocenters. The van der Waals surface area contributed by atoms with Crippen molar-refractivity contribution in [1.82, 2.24) is 3.97 Å². The first-order chi connectivity index (χ1) is 5.77. The molecule has 3 N–H and O–H groups in total. The van der Waals surface area contributed by atoms with Crippen LogP contribution in [0.2, 0.25) is 0 Å². The molecule has 1 rings (SSSR count). The number of aromatic nitrogens is 1. The zero-order valence-electron chi connectivity index (χ0n) is 8.09. The molecule has 0 fully saturated rings. The normalized spacial score (nSPS) is 8.67. The summed E-state index contributed by atoms with van der Waals surface area (Å²) >= 11 is 1.62. The van der Waals surface area contributed by atoms with Crippen molar-refractivity contribution in [2.45, 2.75) is 13.8 Å². The number of nitrogens with two attached hydrogens (primary N) is 1. The second-order valence-corrected chi connectivity index (χ2v) is 2.71. The van der Waals surface area contributed by atoms with E-state index < -0.39 is 0 Å². The van der Waals surface area contributed by atoms with Gasteiger partial charge in [-0.05, 0) is 11.9 Å². The van der Waals surface area contributed by atoms with Crippen LogP contribution in [0.4, 0.5) is 11.4 Å². The summed E-state index contributed by atoms with van der Waals surface area (Å²) in [6.45, 7) is 4.00. The summed E-state index contributed by atoms with van der Waals surface area (Å²) in [4.78, 5) is 0. The number of nitrogens with one attached hydrogen (secondary N) is 1. The van der Waals surface area contributed by atoms with Gasteiger partial charge in [-0.2, -0.15) is 0 Å². The van der Waals surface area contributed by atoms with E-state index in [1.54, 1.807) is 11.9 Å². The van der Waals surface area contributed by atoms with Gasteiger partial charge < -0.3 is 11.1 Å². The minimum atomic E-state index is 0.789. The summed E-state index contributed by atoms with van der Waals surface area (Å²) in [5, 5.41) is 2.99. The van der Waals surface area contributed by atoms with Crippen LogP contribution in [0.1, 0.15) is 13.8 Å². The van der Waals surface area contributed by atoms with E-state index in [0.29, 0.717) is 0 Å². The van der Waals surface area contributed by atoms with Gasteiger partial charge in [-0.25, -0.2) is 0 Å². The van der Waals surface area contributed by atoms with Crippen LogP contribution in [-0.2, 0) is 0 Å². The van der Waals surface area contributed by atoms with Crippen LogP contribution < -0.4 is 11.1 Å². The average molecular weight is 187 g/mol. The maximum atomic E-state index is 5.63. The Balaban J connectivity index is 0.000000561. The van der Waals surface area contributed by atoms with Gasteiger partial charge in [0.2, 0.25) is 0 Å². The second kappa shape index (κ2) is 5.83. The molecule has 0 bridgehead atoms. The molecule has 0 aliphatic rings. The van der Waals surface area contributed by atoms with Gasteiger partial charge in [-0.3, -0.25) is 3.97 Å². The Labute approximate surface area is 78.5 Å². The lowest BCUT2D eigenvalue weighted by Crippen LogP contribution is -1.89. The van der Waals surface area contributed by atoms with Crippen molar-refractivity contribution in [3.8, 4) is 0 Å². The lowest BCUT2D eigenvalue weighted by Gasteiger charge is -1.93. The maximum Gasteiger partial charge on any atom is 0.0762 e. The molecule has 1 aromatic rings. The number of anilines is 2. The topological polar surface area (TPSA) is 43.0 Å². The molecule has 0 aliphatic carbocycles. The zero-order chi connectivity index (χ0) is 9.56. The van der Waals surface area contributed by atoms with Gasteiger partial charge in [0, 0.05) is 25.7 Å². The molecule has 1 heterocycles. The van der Waals surface area contributed by atoms with Gasteiger partial charge in [0.15, 0.2) is 0 Å². The van der Waals surface area contributed by atoms with Crippen LogP contribution in [-0.4, -0.2) is 17.3 Å². The molecule has 1 aromatic heterocycles. The standard InChI is InChI=1S/C6H11N3S.C2H6/c1-8-6-4-9(10-2)3-5(6)7;1-2/h3-4,8H,7H2,1-2H3;1-2H3. The monoisotopic (exact) mass is 187 g/mol. The molecule has 0 aliphatic heterocycles. The molecule has 0 spiro atoms. The first-order valence-electron chi connectivity index (χ1n) is 3.97. The number of hydrogen-bond donors (Lipinski definition) is 2. The Bertz CT molecular complexity index is 220. The van der Waals surface area contributed by atoms with Crippen molar-refractivity contribution in [1.29, 1.82) is 0 Å². The SMILES string of the molecule is CC.CNc1cn(SC)cc1N. The summed E-state index contributed by atoms with van der Waals surface area (Å²) in [6, 6.07) is 0. The summed E-state index contributed by atoms with van der Waals surface area (Å²) in [6.07, 6.45) is 5.84. The molecule has 3 nitrogen and oxygen atoms in total. The number of rotatable bonds is 2. The van der Waals surface area contributed by atoms with Crippen LogP contribution in [0.15, 0.2) is 12.4 Å². The second-order valence-electron chi connectivity index (χ2n) is 1.92. The Morgan fingerprint density at radius 1 is 1.42 bits per heavy atom. The van der Waals surface area contributed by atoms with Crippen LogP contribution in [0.25, 0.3) is 0 Å². The Kier molecular flexibility index (Phi) is 5.45. The molecule has 70 valence electrons. The molecule has 0 aromatic carbocycles. The maximum absolute atomic E-state index is 5.63. The largest absolute Gasteiger partial charge is 0.396 e.